The minimum atomic E-state index is 0.557. The predicted octanol–water partition coefficient (Wildman–Crippen LogP) is 2.28. The Bertz CT molecular complexity index is 559. The van der Waals surface area contributed by atoms with Crippen LogP contribution in [0.5, 0.6) is 5.88 Å². The van der Waals surface area contributed by atoms with Crippen molar-refractivity contribution in [2.75, 3.05) is 25.1 Å². The summed E-state index contributed by atoms with van der Waals surface area (Å²) in [4.78, 5) is 10.8. The Morgan fingerprint density at radius 3 is 2.75 bits per heavy atom. The van der Waals surface area contributed by atoms with Crippen molar-refractivity contribution in [2.24, 2.45) is 5.73 Å². The van der Waals surface area contributed by atoms with Gasteiger partial charge in [0.1, 0.15) is 0 Å². The van der Waals surface area contributed by atoms with Gasteiger partial charge in [-0.3, -0.25) is 0 Å². The fraction of sp³-hybridized carbons (Fsp3) is 0.333. The third kappa shape index (κ3) is 3.24. The maximum Gasteiger partial charge on any atom is 0.233 e. The lowest BCUT2D eigenvalue weighted by Crippen LogP contribution is -2.23. The molecule has 0 saturated carbocycles. The third-order valence-electron chi connectivity index (χ3n) is 3.06. The van der Waals surface area contributed by atoms with Crippen LogP contribution in [0.3, 0.4) is 0 Å². The average Bonchev–Trinajstić information content (AvgIpc) is 2.49. The summed E-state index contributed by atoms with van der Waals surface area (Å²) in [5, 5.41) is 0. The van der Waals surface area contributed by atoms with Crippen LogP contribution in [0.25, 0.3) is 0 Å². The molecule has 2 aromatic rings. The zero-order chi connectivity index (χ0) is 14.4. The monoisotopic (exact) mass is 272 g/mol. The molecule has 1 heterocycles. The van der Waals surface area contributed by atoms with Crippen LogP contribution in [0.4, 0.5) is 11.6 Å². The lowest BCUT2D eigenvalue weighted by molar-refractivity contribution is 0.397. The van der Waals surface area contributed by atoms with Crippen LogP contribution in [0.1, 0.15) is 12.0 Å². The first-order valence-electron chi connectivity index (χ1n) is 6.66. The Balaban J connectivity index is 2.38. The maximum atomic E-state index is 5.63. The Kier molecular flexibility index (Phi) is 4.90. The number of para-hydroxylation sites is 1. The van der Waals surface area contributed by atoms with Gasteiger partial charge in [-0.25, -0.2) is 4.98 Å². The van der Waals surface area contributed by atoms with Crippen molar-refractivity contribution in [1.29, 1.82) is 0 Å². The summed E-state index contributed by atoms with van der Waals surface area (Å²) in [6.07, 6.45) is 2.57. The second-order valence-electron chi connectivity index (χ2n) is 4.48. The molecule has 1 aromatic heterocycles. The van der Waals surface area contributed by atoms with Gasteiger partial charge < -0.3 is 15.4 Å². The first-order chi connectivity index (χ1) is 9.76. The molecule has 0 spiro atoms. The second-order valence-corrected chi connectivity index (χ2v) is 4.48. The summed E-state index contributed by atoms with van der Waals surface area (Å²) in [6.45, 7) is 3.48. The van der Waals surface area contributed by atoms with Gasteiger partial charge in [0.05, 0.1) is 7.11 Å². The minimum absolute atomic E-state index is 0.557. The van der Waals surface area contributed by atoms with Gasteiger partial charge in [-0.2, -0.15) is 4.98 Å². The molecule has 2 N–H and O–H groups in total. The number of aryl methyl sites for hydroxylation is 1. The summed E-state index contributed by atoms with van der Waals surface area (Å²) >= 11 is 0. The molecule has 0 aliphatic heterocycles. The summed E-state index contributed by atoms with van der Waals surface area (Å²) < 4.78 is 5.17. The van der Waals surface area contributed by atoms with E-state index in [0.717, 1.165) is 18.7 Å². The van der Waals surface area contributed by atoms with E-state index in [0.29, 0.717) is 18.4 Å². The summed E-state index contributed by atoms with van der Waals surface area (Å²) in [5.74, 6) is 1.19. The first-order valence-corrected chi connectivity index (χ1v) is 6.66. The number of benzene rings is 1. The Hall–Kier alpha value is -2.14. The van der Waals surface area contributed by atoms with Crippen molar-refractivity contribution in [2.45, 2.75) is 13.3 Å². The van der Waals surface area contributed by atoms with Crippen molar-refractivity contribution in [3.05, 3.63) is 42.1 Å². The smallest absolute Gasteiger partial charge is 0.233 e. The molecule has 0 fully saturated rings. The van der Waals surface area contributed by atoms with E-state index in [4.69, 9.17) is 10.5 Å². The zero-order valence-corrected chi connectivity index (χ0v) is 11.9. The number of rotatable bonds is 6. The Morgan fingerprint density at radius 1 is 1.25 bits per heavy atom. The second kappa shape index (κ2) is 6.86. The van der Waals surface area contributed by atoms with Gasteiger partial charge in [-0.1, -0.05) is 18.2 Å². The summed E-state index contributed by atoms with van der Waals surface area (Å²) in [6, 6.07) is 9.91. The largest absolute Gasteiger partial charge is 0.481 e. The number of anilines is 2. The molecule has 0 saturated heterocycles. The van der Waals surface area contributed by atoms with Gasteiger partial charge in [0.2, 0.25) is 11.8 Å². The zero-order valence-electron chi connectivity index (χ0n) is 11.9. The molecule has 20 heavy (non-hydrogen) atoms. The standard InChI is InChI=1S/C15H20N4O/c1-12-6-3-4-7-13(12)19(11-5-9-16)15-17-10-8-14(18-15)20-2/h3-4,6-8,10H,5,9,11,16H2,1-2H3. The maximum absolute atomic E-state index is 5.63. The summed E-state index contributed by atoms with van der Waals surface area (Å²) in [5.41, 5.74) is 7.90. The van der Waals surface area contributed by atoms with Crippen molar-refractivity contribution >= 4 is 11.6 Å². The molecule has 0 radical (unpaired) electrons. The molecule has 5 nitrogen and oxygen atoms in total. The number of hydrogen-bond donors (Lipinski definition) is 1. The van der Waals surface area contributed by atoms with Crippen LogP contribution in [0, 0.1) is 6.92 Å². The normalized spacial score (nSPS) is 10.3. The van der Waals surface area contributed by atoms with Crippen LogP contribution in [-0.4, -0.2) is 30.2 Å². The van der Waals surface area contributed by atoms with Gasteiger partial charge in [-0.15, -0.1) is 0 Å². The minimum Gasteiger partial charge on any atom is -0.481 e. The quantitative estimate of drug-likeness (QED) is 0.874. The lowest BCUT2D eigenvalue weighted by atomic mass is 10.2. The highest BCUT2D eigenvalue weighted by molar-refractivity contribution is 5.61. The average molecular weight is 272 g/mol. The molecular formula is C15H20N4O. The Morgan fingerprint density at radius 2 is 2.05 bits per heavy atom. The van der Waals surface area contributed by atoms with Crippen molar-refractivity contribution in [1.82, 2.24) is 9.97 Å². The third-order valence-corrected chi connectivity index (χ3v) is 3.06. The van der Waals surface area contributed by atoms with E-state index in [1.807, 2.05) is 12.1 Å². The van der Waals surface area contributed by atoms with E-state index in [9.17, 15) is 0 Å². The molecule has 0 aliphatic carbocycles. The van der Waals surface area contributed by atoms with Crippen molar-refractivity contribution in [3.8, 4) is 5.88 Å². The number of nitrogens with two attached hydrogens (primary N) is 1. The molecule has 0 atom stereocenters. The number of nitrogens with zero attached hydrogens (tertiary/aromatic N) is 3. The number of hydrogen-bond acceptors (Lipinski definition) is 5. The van der Waals surface area contributed by atoms with Crippen LogP contribution >= 0.6 is 0 Å². The van der Waals surface area contributed by atoms with Gasteiger partial charge in [-0.05, 0) is 31.5 Å². The number of aromatic nitrogens is 2. The molecule has 1 aromatic carbocycles. The van der Waals surface area contributed by atoms with E-state index < -0.39 is 0 Å². The molecule has 5 heteroatoms. The number of methoxy groups -OCH3 is 1. The van der Waals surface area contributed by atoms with Gasteiger partial charge in [0.25, 0.3) is 0 Å². The molecule has 0 amide bonds. The van der Waals surface area contributed by atoms with Crippen molar-refractivity contribution in [3.63, 3.8) is 0 Å². The predicted molar refractivity (Wildman–Crippen MR) is 80.4 cm³/mol. The van der Waals surface area contributed by atoms with E-state index in [1.165, 1.54) is 5.56 Å². The molecular weight excluding hydrogens is 252 g/mol. The fourth-order valence-corrected chi connectivity index (χ4v) is 2.02. The van der Waals surface area contributed by atoms with E-state index >= 15 is 0 Å². The molecule has 2 rings (SSSR count). The fourth-order valence-electron chi connectivity index (χ4n) is 2.02. The lowest BCUT2D eigenvalue weighted by Gasteiger charge is -2.24. The highest BCUT2D eigenvalue weighted by Gasteiger charge is 2.14. The van der Waals surface area contributed by atoms with Crippen LogP contribution in [0.15, 0.2) is 36.5 Å². The Labute approximate surface area is 119 Å². The molecule has 0 unspecified atom stereocenters. The van der Waals surface area contributed by atoms with E-state index in [-0.39, 0.29) is 0 Å². The highest BCUT2D eigenvalue weighted by Crippen LogP contribution is 2.26. The van der Waals surface area contributed by atoms with Crippen molar-refractivity contribution < 1.29 is 4.74 Å². The van der Waals surface area contributed by atoms with Crippen LogP contribution < -0.4 is 15.4 Å². The van der Waals surface area contributed by atoms with Crippen LogP contribution in [0.2, 0.25) is 0 Å². The molecule has 106 valence electrons. The van der Waals surface area contributed by atoms with Gasteiger partial charge >= 0.3 is 0 Å². The van der Waals surface area contributed by atoms with Gasteiger partial charge in [0, 0.05) is 24.5 Å². The SMILES string of the molecule is COc1ccnc(N(CCCN)c2ccccc2C)n1. The summed E-state index contributed by atoms with van der Waals surface area (Å²) in [7, 11) is 1.60. The molecule has 0 bridgehead atoms. The first kappa shape index (κ1) is 14.3. The molecule has 0 aliphatic rings. The van der Waals surface area contributed by atoms with Gasteiger partial charge in [0.15, 0.2) is 0 Å². The topological polar surface area (TPSA) is 64.3 Å². The number of ether oxygens (including phenoxy) is 1. The highest BCUT2D eigenvalue weighted by atomic mass is 16.5. The van der Waals surface area contributed by atoms with E-state index in [1.54, 1.807) is 19.4 Å². The van der Waals surface area contributed by atoms with E-state index in [2.05, 4.69) is 33.9 Å². The van der Waals surface area contributed by atoms with Crippen LogP contribution in [-0.2, 0) is 0 Å².